The summed E-state index contributed by atoms with van der Waals surface area (Å²) in [6.45, 7) is 5.47. The summed E-state index contributed by atoms with van der Waals surface area (Å²) in [7, 11) is 3.05. The average molecular weight is 302 g/mol. The van der Waals surface area contributed by atoms with Crippen molar-refractivity contribution >= 4 is 23.3 Å². The Morgan fingerprint density at radius 1 is 1.20 bits per heavy atom. The SMILES string of the molecule is COc1cc(OC)c(NCC(=O)OC(C)(C)C)cc1Cl. The molecular formula is C14H20ClNO4. The lowest BCUT2D eigenvalue weighted by molar-refractivity contribution is -0.152. The average Bonchev–Trinajstić information content (AvgIpc) is 2.34. The number of anilines is 1. The number of methoxy groups -OCH3 is 2. The molecule has 0 bridgehead atoms. The number of rotatable bonds is 5. The molecule has 0 aliphatic rings. The van der Waals surface area contributed by atoms with E-state index in [9.17, 15) is 4.79 Å². The Labute approximate surface area is 124 Å². The molecule has 0 saturated heterocycles. The third kappa shape index (κ3) is 4.81. The summed E-state index contributed by atoms with van der Waals surface area (Å²) in [6.07, 6.45) is 0. The molecule has 0 amide bonds. The van der Waals surface area contributed by atoms with E-state index < -0.39 is 5.60 Å². The van der Waals surface area contributed by atoms with Crippen LogP contribution in [0.3, 0.4) is 0 Å². The van der Waals surface area contributed by atoms with Crippen LogP contribution in [0.25, 0.3) is 0 Å². The fourth-order valence-electron chi connectivity index (χ4n) is 1.54. The van der Waals surface area contributed by atoms with Crippen LogP contribution in [0.15, 0.2) is 12.1 Å². The first-order chi connectivity index (χ1) is 9.26. The molecule has 1 rings (SSSR count). The van der Waals surface area contributed by atoms with Crippen molar-refractivity contribution in [1.82, 2.24) is 0 Å². The van der Waals surface area contributed by atoms with Gasteiger partial charge in [-0.15, -0.1) is 0 Å². The van der Waals surface area contributed by atoms with E-state index in [0.717, 1.165) is 0 Å². The maximum atomic E-state index is 11.7. The van der Waals surface area contributed by atoms with E-state index in [-0.39, 0.29) is 12.5 Å². The maximum absolute atomic E-state index is 11.7. The molecule has 1 N–H and O–H groups in total. The van der Waals surface area contributed by atoms with E-state index in [1.807, 2.05) is 20.8 Å². The van der Waals surface area contributed by atoms with Crippen LogP contribution in [0.2, 0.25) is 5.02 Å². The molecule has 112 valence electrons. The number of hydrogen-bond donors (Lipinski definition) is 1. The van der Waals surface area contributed by atoms with Gasteiger partial charge in [-0.05, 0) is 26.8 Å². The van der Waals surface area contributed by atoms with E-state index in [1.54, 1.807) is 12.1 Å². The van der Waals surface area contributed by atoms with Crippen molar-refractivity contribution < 1.29 is 19.0 Å². The molecule has 0 heterocycles. The van der Waals surface area contributed by atoms with E-state index in [4.69, 9.17) is 25.8 Å². The maximum Gasteiger partial charge on any atom is 0.325 e. The number of ether oxygens (including phenoxy) is 3. The van der Waals surface area contributed by atoms with Crippen molar-refractivity contribution in [2.75, 3.05) is 26.1 Å². The van der Waals surface area contributed by atoms with Gasteiger partial charge in [-0.25, -0.2) is 0 Å². The van der Waals surface area contributed by atoms with Gasteiger partial charge in [0, 0.05) is 6.07 Å². The van der Waals surface area contributed by atoms with Gasteiger partial charge in [-0.1, -0.05) is 11.6 Å². The zero-order chi connectivity index (χ0) is 15.3. The third-order valence-electron chi connectivity index (χ3n) is 2.32. The molecule has 20 heavy (non-hydrogen) atoms. The normalized spacial score (nSPS) is 10.9. The first-order valence-electron chi connectivity index (χ1n) is 6.14. The molecule has 0 fully saturated rings. The minimum Gasteiger partial charge on any atom is -0.495 e. The molecule has 1 aromatic carbocycles. The van der Waals surface area contributed by atoms with Crippen LogP contribution in [-0.4, -0.2) is 32.3 Å². The zero-order valence-corrected chi connectivity index (χ0v) is 13.1. The zero-order valence-electron chi connectivity index (χ0n) is 12.4. The van der Waals surface area contributed by atoms with Crippen molar-refractivity contribution in [3.8, 4) is 11.5 Å². The van der Waals surface area contributed by atoms with Crippen LogP contribution >= 0.6 is 11.6 Å². The highest BCUT2D eigenvalue weighted by Crippen LogP contribution is 2.35. The summed E-state index contributed by atoms with van der Waals surface area (Å²) in [5.41, 5.74) is 0.0876. The predicted molar refractivity (Wildman–Crippen MR) is 78.9 cm³/mol. The smallest absolute Gasteiger partial charge is 0.325 e. The summed E-state index contributed by atoms with van der Waals surface area (Å²) in [4.78, 5) is 11.7. The molecule has 0 radical (unpaired) electrons. The number of benzene rings is 1. The van der Waals surface area contributed by atoms with Gasteiger partial charge in [-0.3, -0.25) is 4.79 Å². The quantitative estimate of drug-likeness (QED) is 0.847. The number of carbonyl (C=O) groups is 1. The van der Waals surface area contributed by atoms with Crippen molar-refractivity contribution in [1.29, 1.82) is 0 Å². The van der Waals surface area contributed by atoms with Gasteiger partial charge in [0.25, 0.3) is 0 Å². The molecule has 5 nitrogen and oxygen atoms in total. The van der Waals surface area contributed by atoms with Crippen molar-refractivity contribution in [2.45, 2.75) is 26.4 Å². The second kappa shape index (κ2) is 6.70. The molecule has 1 aromatic rings. The lowest BCUT2D eigenvalue weighted by Gasteiger charge is -2.20. The van der Waals surface area contributed by atoms with Crippen molar-refractivity contribution in [3.63, 3.8) is 0 Å². The topological polar surface area (TPSA) is 56.8 Å². The van der Waals surface area contributed by atoms with Gasteiger partial charge in [0.15, 0.2) is 0 Å². The molecule has 0 atom stereocenters. The number of carbonyl (C=O) groups excluding carboxylic acids is 1. The Morgan fingerprint density at radius 2 is 1.80 bits per heavy atom. The molecule has 6 heteroatoms. The van der Waals surface area contributed by atoms with Gasteiger partial charge in [-0.2, -0.15) is 0 Å². The lowest BCUT2D eigenvalue weighted by Crippen LogP contribution is -2.28. The Balaban J connectivity index is 2.77. The van der Waals surface area contributed by atoms with Crippen LogP contribution in [0.1, 0.15) is 20.8 Å². The van der Waals surface area contributed by atoms with Crippen LogP contribution in [-0.2, 0) is 9.53 Å². The first-order valence-corrected chi connectivity index (χ1v) is 6.52. The highest BCUT2D eigenvalue weighted by atomic mass is 35.5. The lowest BCUT2D eigenvalue weighted by atomic mass is 10.2. The van der Waals surface area contributed by atoms with Crippen molar-refractivity contribution in [3.05, 3.63) is 17.2 Å². The van der Waals surface area contributed by atoms with E-state index in [0.29, 0.717) is 22.2 Å². The number of halogens is 1. The highest BCUT2D eigenvalue weighted by Gasteiger charge is 2.17. The second-order valence-corrected chi connectivity index (χ2v) is 5.53. The monoisotopic (exact) mass is 301 g/mol. The van der Waals surface area contributed by atoms with Crippen LogP contribution in [0.4, 0.5) is 5.69 Å². The predicted octanol–water partition coefficient (Wildman–Crippen LogP) is 3.11. The van der Waals surface area contributed by atoms with Crippen LogP contribution in [0, 0.1) is 0 Å². The summed E-state index contributed by atoms with van der Waals surface area (Å²) in [5.74, 6) is 0.688. The Morgan fingerprint density at radius 3 is 2.30 bits per heavy atom. The first kappa shape index (κ1) is 16.4. The van der Waals surface area contributed by atoms with Gasteiger partial charge in [0.1, 0.15) is 23.6 Å². The van der Waals surface area contributed by atoms with Gasteiger partial charge in [0.05, 0.1) is 24.9 Å². The highest BCUT2D eigenvalue weighted by molar-refractivity contribution is 6.32. The van der Waals surface area contributed by atoms with Gasteiger partial charge >= 0.3 is 5.97 Å². The number of nitrogens with one attached hydrogen (secondary N) is 1. The fourth-order valence-corrected chi connectivity index (χ4v) is 1.78. The Kier molecular flexibility index (Phi) is 5.51. The number of esters is 1. The van der Waals surface area contributed by atoms with Gasteiger partial charge in [0.2, 0.25) is 0 Å². The van der Waals surface area contributed by atoms with Gasteiger partial charge < -0.3 is 19.5 Å². The molecule has 0 spiro atoms. The largest absolute Gasteiger partial charge is 0.495 e. The Hall–Kier alpha value is -1.62. The summed E-state index contributed by atoms with van der Waals surface area (Å²) < 4.78 is 15.5. The summed E-state index contributed by atoms with van der Waals surface area (Å²) in [5, 5.41) is 3.37. The molecule has 0 aromatic heterocycles. The second-order valence-electron chi connectivity index (χ2n) is 5.13. The van der Waals surface area contributed by atoms with E-state index in [2.05, 4.69) is 5.32 Å². The number of hydrogen-bond acceptors (Lipinski definition) is 5. The minimum absolute atomic E-state index is 0.0241. The summed E-state index contributed by atoms with van der Waals surface area (Å²) in [6, 6.07) is 3.29. The Bertz CT molecular complexity index is 483. The fraction of sp³-hybridized carbons (Fsp3) is 0.500. The van der Waals surface area contributed by atoms with Crippen LogP contribution < -0.4 is 14.8 Å². The third-order valence-corrected chi connectivity index (χ3v) is 2.61. The molecular weight excluding hydrogens is 282 g/mol. The molecule has 0 aliphatic heterocycles. The summed E-state index contributed by atoms with van der Waals surface area (Å²) >= 11 is 6.04. The van der Waals surface area contributed by atoms with E-state index in [1.165, 1.54) is 14.2 Å². The molecule has 0 saturated carbocycles. The van der Waals surface area contributed by atoms with Crippen molar-refractivity contribution in [2.24, 2.45) is 0 Å². The molecule has 0 unspecified atom stereocenters. The minimum atomic E-state index is -0.513. The molecule has 0 aliphatic carbocycles. The van der Waals surface area contributed by atoms with E-state index >= 15 is 0 Å². The van der Waals surface area contributed by atoms with Crippen LogP contribution in [0.5, 0.6) is 11.5 Å². The standard InChI is InChI=1S/C14H20ClNO4/c1-14(2,3)20-13(17)8-16-10-6-9(15)11(18-4)7-12(10)19-5/h6-7,16H,8H2,1-5H3.